The van der Waals surface area contributed by atoms with E-state index < -0.39 is 11.5 Å². The second-order valence-corrected chi connectivity index (χ2v) is 8.41. The molecule has 2 aromatic rings. The average molecular weight is 338 g/mol. The predicted octanol–water partition coefficient (Wildman–Crippen LogP) is 3.99. The molecule has 2 fully saturated rings. The van der Waals surface area contributed by atoms with Crippen LogP contribution in [0.15, 0.2) is 48.8 Å². The first-order valence-electron chi connectivity index (χ1n) is 9.04. The van der Waals surface area contributed by atoms with Gasteiger partial charge in [0.2, 0.25) is 5.91 Å². The van der Waals surface area contributed by atoms with Crippen molar-refractivity contribution in [3.8, 4) is 5.69 Å². The van der Waals surface area contributed by atoms with Crippen molar-refractivity contribution in [2.75, 3.05) is 5.32 Å². The van der Waals surface area contributed by atoms with E-state index in [4.69, 9.17) is 0 Å². The van der Waals surface area contributed by atoms with Gasteiger partial charge in [-0.25, -0.2) is 0 Å². The molecule has 4 heteroatoms. The summed E-state index contributed by atoms with van der Waals surface area (Å²) in [6.45, 7) is 6.43. The minimum atomic E-state index is -0.509. The largest absolute Gasteiger partial charge is 0.393 e. The summed E-state index contributed by atoms with van der Waals surface area (Å²) < 4.78 is 2.00. The van der Waals surface area contributed by atoms with Gasteiger partial charge in [-0.1, -0.05) is 32.9 Å². The molecule has 4 rings (SSSR count). The molecule has 2 aliphatic carbocycles. The van der Waals surface area contributed by atoms with E-state index in [1.807, 2.05) is 53.4 Å². The van der Waals surface area contributed by atoms with E-state index in [2.05, 4.69) is 26.1 Å². The summed E-state index contributed by atoms with van der Waals surface area (Å²) in [5.74, 6) is 0.0392. The lowest BCUT2D eigenvalue weighted by Gasteiger charge is -2.40. The Balaban J connectivity index is 1.69. The molecule has 0 radical (unpaired) electrons. The van der Waals surface area contributed by atoms with Crippen LogP contribution in [0.5, 0.6) is 0 Å². The van der Waals surface area contributed by atoms with E-state index in [0.717, 1.165) is 24.2 Å². The molecule has 4 nitrogen and oxygen atoms in total. The first-order valence-corrected chi connectivity index (χ1v) is 9.04. The summed E-state index contributed by atoms with van der Waals surface area (Å²) in [5.41, 5.74) is 0.833. The number of nitrogens with zero attached hydrogens (tertiary/aromatic N) is 1. The highest BCUT2D eigenvalue weighted by Gasteiger charge is 2.72. The molecule has 132 valence electrons. The van der Waals surface area contributed by atoms with E-state index in [1.54, 1.807) is 0 Å². The summed E-state index contributed by atoms with van der Waals surface area (Å²) in [5, 5.41) is 13.8. The second-order valence-electron chi connectivity index (χ2n) is 8.41. The van der Waals surface area contributed by atoms with Crippen molar-refractivity contribution in [3.05, 3.63) is 48.8 Å². The standard InChI is InChI=1S/C21H26N2O2/c1-19(2)20(3)10-11-21(19,14-17(20)24)18(25)22-15-8-4-5-9-16(15)23-12-6-7-13-23/h4-9,12-13,17,24H,10-11,14H2,1-3H3,(H,22,25). The van der Waals surface area contributed by atoms with Crippen LogP contribution in [0.3, 0.4) is 0 Å². The molecule has 0 aliphatic heterocycles. The van der Waals surface area contributed by atoms with Crippen LogP contribution in [0, 0.1) is 16.2 Å². The third-order valence-corrected chi connectivity index (χ3v) is 7.44. The average Bonchev–Trinajstić information content (AvgIpc) is 3.21. The quantitative estimate of drug-likeness (QED) is 0.889. The number of aliphatic hydroxyl groups excluding tert-OH is 1. The van der Waals surface area contributed by atoms with Gasteiger partial charge < -0.3 is 15.0 Å². The van der Waals surface area contributed by atoms with Crippen LogP contribution in [0.1, 0.15) is 40.0 Å². The fourth-order valence-corrected chi connectivity index (χ4v) is 5.17. The number of fused-ring (bicyclic) bond motifs is 2. The van der Waals surface area contributed by atoms with E-state index in [-0.39, 0.29) is 16.7 Å². The molecular formula is C21H26N2O2. The van der Waals surface area contributed by atoms with E-state index in [1.165, 1.54) is 0 Å². The number of benzene rings is 1. The maximum atomic E-state index is 13.4. The van der Waals surface area contributed by atoms with Gasteiger partial charge in [-0.05, 0) is 54.4 Å². The fourth-order valence-electron chi connectivity index (χ4n) is 5.17. The number of hydrogen-bond acceptors (Lipinski definition) is 2. The fraction of sp³-hybridized carbons (Fsp3) is 0.476. The number of para-hydroxylation sites is 2. The Morgan fingerprint density at radius 2 is 1.80 bits per heavy atom. The lowest BCUT2D eigenvalue weighted by atomic mass is 9.64. The maximum absolute atomic E-state index is 13.4. The first kappa shape index (κ1) is 16.4. The van der Waals surface area contributed by atoms with Crippen molar-refractivity contribution < 1.29 is 9.90 Å². The van der Waals surface area contributed by atoms with Crippen molar-refractivity contribution in [1.29, 1.82) is 0 Å². The number of amides is 1. The second kappa shape index (κ2) is 5.21. The zero-order chi connectivity index (χ0) is 17.9. The molecule has 2 N–H and O–H groups in total. The molecule has 2 aliphatic rings. The summed E-state index contributed by atoms with van der Waals surface area (Å²) >= 11 is 0. The van der Waals surface area contributed by atoms with Crippen LogP contribution in [0.2, 0.25) is 0 Å². The number of hydrogen-bond donors (Lipinski definition) is 2. The normalized spacial score (nSPS) is 32.7. The third kappa shape index (κ3) is 2.00. The smallest absolute Gasteiger partial charge is 0.231 e. The summed E-state index contributed by atoms with van der Waals surface area (Å²) in [7, 11) is 0. The van der Waals surface area contributed by atoms with E-state index in [9.17, 15) is 9.90 Å². The number of aliphatic hydroxyl groups is 1. The molecule has 1 amide bonds. The van der Waals surface area contributed by atoms with Gasteiger partial charge in [0.1, 0.15) is 0 Å². The molecule has 3 unspecified atom stereocenters. The van der Waals surface area contributed by atoms with Gasteiger partial charge in [-0.2, -0.15) is 0 Å². The molecule has 2 saturated carbocycles. The van der Waals surface area contributed by atoms with Crippen LogP contribution in [0.4, 0.5) is 5.69 Å². The number of carbonyl (C=O) groups excluding carboxylic acids is 1. The molecule has 1 aromatic heterocycles. The molecule has 0 spiro atoms. The minimum Gasteiger partial charge on any atom is -0.393 e. The van der Waals surface area contributed by atoms with Gasteiger partial charge in [0.05, 0.1) is 22.9 Å². The lowest BCUT2D eigenvalue weighted by Crippen LogP contribution is -2.43. The molecular weight excluding hydrogens is 312 g/mol. The van der Waals surface area contributed by atoms with Gasteiger partial charge in [0, 0.05) is 12.4 Å². The SMILES string of the molecule is CC12CCC(C(=O)Nc3ccccc3-n3cccc3)(CC1O)C2(C)C. The van der Waals surface area contributed by atoms with Crippen LogP contribution in [0.25, 0.3) is 5.69 Å². The number of carbonyl (C=O) groups is 1. The van der Waals surface area contributed by atoms with Crippen molar-refractivity contribution >= 4 is 11.6 Å². The third-order valence-electron chi connectivity index (χ3n) is 7.44. The Kier molecular flexibility index (Phi) is 3.42. The number of aromatic nitrogens is 1. The monoisotopic (exact) mass is 338 g/mol. The predicted molar refractivity (Wildman–Crippen MR) is 98.6 cm³/mol. The highest BCUT2D eigenvalue weighted by atomic mass is 16.3. The van der Waals surface area contributed by atoms with Gasteiger partial charge in [-0.3, -0.25) is 4.79 Å². The number of rotatable bonds is 3. The van der Waals surface area contributed by atoms with E-state index in [0.29, 0.717) is 6.42 Å². The van der Waals surface area contributed by atoms with Crippen molar-refractivity contribution in [3.63, 3.8) is 0 Å². The Morgan fingerprint density at radius 1 is 1.12 bits per heavy atom. The molecule has 0 saturated heterocycles. The van der Waals surface area contributed by atoms with Gasteiger partial charge in [0.25, 0.3) is 0 Å². The van der Waals surface area contributed by atoms with Crippen LogP contribution < -0.4 is 5.32 Å². The van der Waals surface area contributed by atoms with Crippen LogP contribution >= 0.6 is 0 Å². The zero-order valence-electron chi connectivity index (χ0n) is 15.1. The summed E-state index contributed by atoms with van der Waals surface area (Å²) in [6, 6.07) is 11.8. The van der Waals surface area contributed by atoms with Crippen LogP contribution in [-0.4, -0.2) is 21.7 Å². The Labute approximate surface area is 148 Å². The first-order chi connectivity index (χ1) is 11.8. The topological polar surface area (TPSA) is 54.3 Å². The van der Waals surface area contributed by atoms with Gasteiger partial charge >= 0.3 is 0 Å². The molecule has 1 aromatic carbocycles. The maximum Gasteiger partial charge on any atom is 0.231 e. The van der Waals surface area contributed by atoms with Crippen LogP contribution in [-0.2, 0) is 4.79 Å². The molecule has 2 bridgehead atoms. The highest BCUT2D eigenvalue weighted by molar-refractivity contribution is 5.98. The number of nitrogens with one attached hydrogen (secondary N) is 1. The zero-order valence-corrected chi connectivity index (χ0v) is 15.1. The van der Waals surface area contributed by atoms with E-state index >= 15 is 0 Å². The molecule has 3 atom stereocenters. The van der Waals surface area contributed by atoms with Crippen molar-refractivity contribution in [1.82, 2.24) is 4.57 Å². The molecule has 25 heavy (non-hydrogen) atoms. The lowest BCUT2D eigenvalue weighted by molar-refractivity contribution is -0.130. The Morgan fingerprint density at radius 3 is 2.40 bits per heavy atom. The van der Waals surface area contributed by atoms with Gasteiger partial charge in [0.15, 0.2) is 0 Å². The van der Waals surface area contributed by atoms with Crippen molar-refractivity contribution in [2.45, 2.75) is 46.1 Å². The summed E-state index contributed by atoms with van der Waals surface area (Å²) in [6.07, 6.45) is 5.81. The van der Waals surface area contributed by atoms with Gasteiger partial charge in [-0.15, -0.1) is 0 Å². The Hall–Kier alpha value is -2.07. The Bertz CT molecular complexity index is 811. The highest BCUT2D eigenvalue weighted by Crippen LogP contribution is 2.72. The minimum absolute atomic E-state index is 0.0392. The van der Waals surface area contributed by atoms with Crippen molar-refractivity contribution in [2.24, 2.45) is 16.2 Å². The summed E-state index contributed by atoms with van der Waals surface area (Å²) in [4.78, 5) is 13.4. The number of anilines is 1. The molecule has 1 heterocycles.